The molecule has 2 unspecified atom stereocenters. The summed E-state index contributed by atoms with van der Waals surface area (Å²) in [4.78, 5) is 21.4. The van der Waals surface area contributed by atoms with Gasteiger partial charge in [0, 0.05) is 25.4 Å². The van der Waals surface area contributed by atoms with E-state index in [1.807, 2.05) is 0 Å². The van der Waals surface area contributed by atoms with Gasteiger partial charge in [-0.25, -0.2) is 0 Å². The quantitative estimate of drug-likeness (QED) is 0.679. The fourth-order valence-corrected chi connectivity index (χ4v) is 3.70. The van der Waals surface area contributed by atoms with Crippen molar-refractivity contribution in [2.24, 2.45) is 0 Å². The lowest BCUT2D eigenvalue weighted by Crippen LogP contribution is -2.25. The third-order valence-electron chi connectivity index (χ3n) is 1.49. The van der Waals surface area contributed by atoms with Gasteiger partial charge in [-0.15, -0.1) is 23.5 Å². The maximum atomic E-state index is 10.7. The van der Waals surface area contributed by atoms with Crippen LogP contribution in [0.2, 0.25) is 0 Å². The molecule has 0 saturated carbocycles. The summed E-state index contributed by atoms with van der Waals surface area (Å²) in [5.41, 5.74) is -0.365. The molecule has 0 aliphatic carbocycles. The fourth-order valence-electron chi connectivity index (χ4n) is 1.02. The Balaban J connectivity index is 2.35. The lowest BCUT2D eigenvalue weighted by Gasteiger charge is -2.26. The highest BCUT2D eigenvalue weighted by Gasteiger charge is 2.26. The number of hydrogen-bond acceptors (Lipinski definition) is 6. The molecule has 2 atom stereocenters. The van der Waals surface area contributed by atoms with Gasteiger partial charge >= 0.3 is 11.9 Å². The second kappa shape index (κ2) is 5.50. The van der Waals surface area contributed by atoms with Crippen LogP contribution in [0.5, 0.6) is 0 Å². The summed E-state index contributed by atoms with van der Waals surface area (Å²) in [7, 11) is 0. The lowest BCUT2D eigenvalue weighted by atomic mass is 10.5. The minimum Gasteiger partial charge on any atom is -0.451 e. The third kappa shape index (κ3) is 4.23. The van der Waals surface area contributed by atoms with Crippen LogP contribution in [0.25, 0.3) is 0 Å². The van der Waals surface area contributed by atoms with Gasteiger partial charge in [0.25, 0.3) is 0 Å². The van der Waals surface area contributed by atoms with Gasteiger partial charge in [-0.05, 0) is 0 Å². The second-order valence-corrected chi connectivity index (χ2v) is 5.43. The van der Waals surface area contributed by atoms with Crippen molar-refractivity contribution < 1.29 is 19.1 Å². The number of carbonyl (C=O) groups is 2. The van der Waals surface area contributed by atoms with Crippen LogP contribution in [0.3, 0.4) is 0 Å². The molecular weight excluding hydrogens is 224 g/mol. The molecule has 0 spiro atoms. The topological polar surface area (TPSA) is 52.6 Å². The number of hydrogen-bond donors (Lipinski definition) is 0. The highest BCUT2D eigenvalue weighted by molar-refractivity contribution is 8.17. The molecule has 0 aromatic rings. The zero-order valence-corrected chi connectivity index (χ0v) is 9.65. The van der Waals surface area contributed by atoms with Gasteiger partial charge < -0.3 is 9.47 Å². The van der Waals surface area contributed by atoms with Gasteiger partial charge in [-0.1, -0.05) is 0 Å². The van der Waals surface area contributed by atoms with Gasteiger partial charge in [-0.3, -0.25) is 9.59 Å². The Bertz CT molecular complexity index is 209. The first-order valence-electron chi connectivity index (χ1n) is 4.15. The zero-order chi connectivity index (χ0) is 10.6. The average molecular weight is 236 g/mol. The van der Waals surface area contributed by atoms with E-state index < -0.39 is 0 Å². The van der Waals surface area contributed by atoms with Gasteiger partial charge in [-0.2, -0.15) is 0 Å². The fraction of sp³-hybridized carbons (Fsp3) is 0.750. The van der Waals surface area contributed by atoms with Crippen LogP contribution in [0.15, 0.2) is 0 Å². The molecule has 1 saturated heterocycles. The molecule has 0 aromatic carbocycles. The first-order chi connectivity index (χ1) is 6.58. The Morgan fingerprint density at radius 3 is 1.86 bits per heavy atom. The summed E-state index contributed by atoms with van der Waals surface area (Å²) < 4.78 is 10.0. The van der Waals surface area contributed by atoms with Crippen molar-refractivity contribution in [3.8, 4) is 0 Å². The van der Waals surface area contributed by atoms with Crippen molar-refractivity contribution in [2.45, 2.75) is 31.1 Å². The maximum absolute atomic E-state index is 10.7. The summed E-state index contributed by atoms with van der Waals surface area (Å²) in [6.45, 7) is 2.76. The lowest BCUT2D eigenvalue weighted by molar-refractivity contribution is -0.145. The Kier molecular flexibility index (Phi) is 4.60. The van der Waals surface area contributed by atoms with E-state index in [1.165, 1.54) is 13.8 Å². The van der Waals surface area contributed by atoms with Crippen molar-refractivity contribution in [3.05, 3.63) is 0 Å². The molecule has 0 bridgehead atoms. The minimum atomic E-state index is -0.295. The van der Waals surface area contributed by atoms with E-state index in [-0.39, 0.29) is 22.8 Å². The van der Waals surface area contributed by atoms with Gasteiger partial charge in [0.1, 0.15) is 0 Å². The van der Waals surface area contributed by atoms with E-state index in [2.05, 4.69) is 0 Å². The SMILES string of the molecule is CC(=O)OC1CC(OC(C)=O)SCS1. The van der Waals surface area contributed by atoms with Crippen LogP contribution in [-0.4, -0.2) is 27.9 Å². The molecule has 80 valence electrons. The highest BCUT2D eigenvalue weighted by Crippen LogP contribution is 2.35. The third-order valence-corrected chi connectivity index (χ3v) is 3.90. The first-order valence-corrected chi connectivity index (χ1v) is 6.25. The standard InChI is InChI=1S/C8H12O4S2/c1-5(9)11-7-3-8(12-6(2)10)14-4-13-7/h7-8H,3-4H2,1-2H3. The molecule has 1 rings (SSSR count). The molecule has 0 radical (unpaired) electrons. The summed E-state index contributed by atoms with van der Waals surface area (Å²) in [5.74, 6) is -0.591. The molecule has 1 aliphatic rings. The van der Waals surface area contributed by atoms with Crippen molar-refractivity contribution >= 4 is 35.5 Å². The number of esters is 2. The molecule has 0 aromatic heterocycles. The van der Waals surface area contributed by atoms with Gasteiger partial charge in [0.2, 0.25) is 0 Å². The molecule has 6 heteroatoms. The van der Waals surface area contributed by atoms with Crippen molar-refractivity contribution in [2.75, 3.05) is 5.08 Å². The maximum Gasteiger partial charge on any atom is 0.303 e. The second-order valence-electron chi connectivity index (χ2n) is 2.76. The number of carbonyl (C=O) groups excluding carboxylic acids is 2. The molecule has 1 aliphatic heterocycles. The number of ether oxygens (including phenoxy) is 2. The smallest absolute Gasteiger partial charge is 0.303 e. The summed E-state index contributed by atoms with van der Waals surface area (Å²) in [5, 5.41) is 0.774. The summed E-state index contributed by atoms with van der Waals surface area (Å²) in [6.07, 6.45) is 0.564. The number of rotatable bonds is 2. The van der Waals surface area contributed by atoms with Crippen LogP contribution in [-0.2, 0) is 19.1 Å². The van der Waals surface area contributed by atoms with E-state index in [1.54, 1.807) is 23.5 Å². The molecule has 1 heterocycles. The van der Waals surface area contributed by atoms with Crippen LogP contribution < -0.4 is 0 Å². The molecule has 0 N–H and O–H groups in total. The summed E-state index contributed by atoms with van der Waals surface area (Å²) >= 11 is 3.10. The van der Waals surface area contributed by atoms with E-state index in [4.69, 9.17) is 9.47 Å². The molecule has 14 heavy (non-hydrogen) atoms. The normalized spacial score (nSPS) is 26.7. The van der Waals surface area contributed by atoms with Crippen LogP contribution in [0.1, 0.15) is 20.3 Å². The first kappa shape index (κ1) is 11.7. The van der Waals surface area contributed by atoms with Crippen LogP contribution in [0.4, 0.5) is 0 Å². The van der Waals surface area contributed by atoms with Gasteiger partial charge in [0.05, 0.1) is 0 Å². The Morgan fingerprint density at radius 2 is 1.50 bits per heavy atom. The van der Waals surface area contributed by atoms with Crippen molar-refractivity contribution in [1.29, 1.82) is 0 Å². The Hall–Kier alpha value is -0.360. The molecule has 1 fully saturated rings. The average Bonchev–Trinajstić information content (AvgIpc) is 2.01. The van der Waals surface area contributed by atoms with Gasteiger partial charge in [0.15, 0.2) is 10.9 Å². The van der Waals surface area contributed by atoms with E-state index in [0.717, 1.165) is 5.08 Å². The van der Waals surface area contributed by atoms with Crippen molar-refractivity contribution in [1.82, 2.24) is 0 Å². The zero-order valence-electron chi connectivity index (χ0n) is 8.02. The highest BCUT2D eigenvalue weighted by atomic mass is 32.2. The van der Waals surface area contributed by atoms with Crippen LogP contribution in [0, 0.1) is 0 Å². The monoisotopic (exact) mass is 236 g/mol. The minimum absolute atomic E-state index is 0.182. The van der Waals surface area contributed by atoms with Crippen molar-refractivity contribution in [3.63, 3.8) is 0 Å². The molecule has 4 nitrogen and oxygen atoms in total. The Labute approximate surface area is 91.1 Å². The largest absolute Gasteiger partial charge is 0.451 e. The Morgan fingerprint density at radius 1 is 1.07 bits per heavy atom. The summed E-state index contributed by atoms with van der Waals surface area (Å²) in [6, 6.07) is 0. The number of thioether (sulfide) groups is 2. The predicted octanol–water partition coefficient (Wildman–Crippen LogP) is 1.59. The van der Waals surface area contributed by atoms with E-state index >= 15 is 0 Å². The van der Waals surface area contributed by atoms with E-state index in [0.29, 0.717) is 6.42 Å². The molecule has 0 amide bonds. The van der Waals surface area contributed by atoms with E-state index in [9.17, 15) is 9.59 Å². The van der Waals surface area contributed by atoms with Crippen LogP contribution >= 0.6 is 23.5 Å². The molecular formula is C8H12O4S2. The predicted molar refractivity (Wildman–Crippen MR) is 55.8 cm³/mol.